The van der Waals surface area contributed by atoms with Crippen molar-refractivity contribution in [1.82, 2.24) is 9.80 Å². The fraction of sp³-hybridized carbons (Fsp3) is 0.290. The molecule has 0 bridgehead atoms. The smallest absolute Gasteiger partial charge is 0.407 e. The van der Waals surface area contributed by atoms with Gasteiger partial charge in [-0.05, 0) is 49.4 Å². The van der Waals surface area contributed by atoms with Crippen molar-refractivity contribution in [2.45, 2.75) is 44.8 Å². The third-order valence-electron chi connectivity index (χ3n) is 7.36. The number of carbonyl (C=O) groups is 2. The number of nitrogens with zero attached hydrogens (tertiary/aromatic N) is 2. The van der Waals surface area contributed by atoms with Gasteiger partial charge in [0.05, 0.1) is 0 Å². The number of anilines is 1. The molecular formula is C31H33N3O3. The van der Waals surface area contributed by atoms with E-state index in [9.17, 15) is 14.7 Å². The molecule has 1 fully saturated rings. The molecule has 3 aromatic carbocycles. The van der Waals surface area contributed by atoms with Crippen LogP contribution in [0.3, 0.4) is 0 Å². The minimum Gasteiger partial charge on any atom is -0.465 e. The number of para-hydroxylation sites is 1. The lowest BCUT2D eigenvalue weighted by molar-refractivity contribution is -0.110. The Morgan fingerprint density at radius 3 is 2.19 bits per heavy atom. The van der Waals surface area contributed by atoms with Gasteiger partial charge in [0.25, 0.3) is 5.91 Å². The SMILES string of the molecule is O=C1Nc2ccccc2C1=C1CCN(C(=O)O)[C@@H](CCCN(Cc2ccccc2)Cc2ccccc2)C1. The first-order chi connectivity index (χ1) is 18.1. The van der Waals surface area contributed by atoms with Crippen LogP contribution in [0, 0.1) is 0 Å². The third-order valence-corrected chi connectivity index (χ3v) is 7.36. The van der Waals surface area contributed by atoms with Crippen molar-refractivity contribution in [1.29, 1.82) is 0 Å². The van der Waals surface area contributed by atoms with Crippen molar-refractivity contribution in [3.05, 3.63) is 107 Å². The van der Waals surface area contributed by atoms with Crippen LogP contribution in [0.2, 0.25) is 0 Å². The maximum Gasteiger partial charge on any atom is 0.407 e. The highest BCUT2D eigenvalue weighted by atomic mass is 16.4. The van der Waals surface area contributed by atoms with Crippen LogP contribution in [0.25, 0.3) is 5.57 Å². The van der Waals surface area contributed by atoms with Gasteiger partial charge in [-0.2, -0.15) is 0 Å². The number of piperidine rings is 1. The van der Waals surface area contributed by atoms with E-state index in [0.29, 0.717) is 19.4 Å². The summed E-state index contributed by atoms with van der Waals surface area (Å²) in [4.78, 5) is 28.9. The molecule has 37 heavy (non-hydrogen) atoms. The molecule has 2 amide bonds. The summed E-state index contributed by atoms with van der Waals surface area (Å²) >= 11 is 0. The highest BCUT2D eigenvalue weighted by Gasteiger charge is 2.34. The van der Waals surface area contributed by atoms with Crippen molar-refractivity contribution < 1.29 is 14.7 Å². The second kappa shape index (κ2) is 11.4. The normalized spacial score (nSPS) is 19.1. The molecule has 6 nitrogen and oxygen atoms in total. The number of fused-ring (bicyclic) bond motifs is 1. The molecule has 0 spiro atoms. The van der Waals surface area contributed by atoms with Crippen molar-refractivity contribution >= 4 is 23.3 Å². The van der Waals surface area contributed by atoms with E-state index in [4.69, 9.17) is 0 Å². The van der Waals surface area contributed by atoms with E-state index in [1.165, 1.54) is 11.1 Å². The molecule has 0 saturated carbocycles. The van der Waals surface area contributed by atoms with Gasteiger partial charge in [0.15, 0.2) is 0 Å². The minimum atomic E-state index is -0.879. The van der Waals surface area contributed by atoms with E-state index < -0.39 is 6.09 Å². The van der Waals surface area contributed by atoms with Crippen LogP contribution >= 0.6 is 0 Å². The fourth-order valence-corrected chi connectivity index (χ4v) is 5.59. The van der Waals surface area contributed by atoms with Gasteiger partial charge in [0.1, 0.15) is 0 Å². The third kappa shape index (κ3) is 5.92. The number of benzene rings is 3. The zero-order valence-corrected chi connectivity index (χ0v) is 21.0. The largest absolute Gasteiger partial charge is 0.465 e. The fourth-order valence-electron chi connectivity index (χ4n) is 5.59. The molecule has 190 valence electrons. The Bertz CT molecular complexity index is 1230. The number of hydrogen-bond donors (Lipinski definition) is 2. The first kappa shape index (κ1) is 24.8. The molecule has 3 aromatic rings. The van der Waals surface area contributed by atoms with Crippen LogP contribution in [0.15, 0.2) is 90.5 Å². The average Bonchev–Trinajstić information content (AvgIpc) is 3.25. The molecule has 0 unspecified atom stereocenters. The molecule has 1 atom stereocenters. The number of nitrogens with one attached hydrogen (secondary N) is 1. The first-order valence-corrected chi connectivity index (χ1v) is 13.0. The first-order valence-electron chi connectivity index (χ1n) is 13.0. The Labute approximate surface area is 218 Å². The zero-order valence-electron chi connectivity index (χ0n) is 21.0. The monoisotopic (exact) mass is 495 g/mol. The van der Waals surface area contributed by atoms with Gasteiger partial charge in [-0.1, -0.05) is 84.4 Å². The predicted octanol–water partition coefficient (Wildman–Crippen LogP) is 6.02. The maximum atomic E-state index is 12.8. The van der Waals surface area contributed by atoms with Crippen LogP contribution in [-0.2, 0) is 17.9 Å². The lowest BCUT2D eigenvalue weighted by atomic mass is 9.88. The van der Waals surface area contributed by atoms with Crippen LogP contribution in [0.4, 0.5) is 10.5 Å². The summed E-state index contributed by atoms with van der Waals surface area (Å²) < 4.78 is 0. The van der Waals surface area contributed by atoms with E-state index in [1.807, 2.05) is 36.4 Å². The van der Waals surface area contributed by atoms with Crippen LogP contribution in [0.1, 0.15) is 42.4 Å². The lowest BCUT2D eigenvalue weighted by Gasteiger charge is -2.36. The van der Waals surface area contributed by atoms with Gasteiger partial charge in [-0.15, -0.1) is 0 Å². The van der Waals surface area contributed by atoms with Crippen LogP contribution < -0.4 is 5.32 Å². The molecule has 1 saturated heterocycles. The van der Waals surface area contributed by atoms with Crippen LogP contribution in [0.5, 0.6) is 0 Å². The Morgan fingerprint density at radius 2 is 1.54 bits per heavy atom. The molecule has 6 heteroatoms. The standard InChI is InChI=1S/C31H33N3O3/c35-30-29(27-15-7-8-16-28(27)32-30)25-17-19-34(31(36)37)26(20-25)14-9-18-33(21-23-10-3-1-4-11-23)22-24-12-5-2-6-13-24/h1-8,10-13,15-16,26H,9,14,17-22H2,(H,32,35)(H,36,37)/t26-/m0/s1. The number of carboxylic acid groups (broad SMARTS) is 1. The molecule has 0 aliphatic carbocycles. The quantitative estimate of drug-likeness (QED) is 0.375. The van der Waals surface area contributed by atoms with Crippen molar-refractivity contribution in [2.24, 2.45) is 0 Å². The van der Waals surface area contributed by atoms with Crippen molar-refractivity contribution in [2.75, 3.05) is 18.4 Å². The molecule has 2 heterocycles. The summed E-state index contributed by atoms with van der Waals surface area (Å²) in [5, 5.41) is 12.9. The van der Waals surface area contributed by atoms with E-state index in [0.717, 1.165) is 54.9 Å². The highest BCUT2D eigenvalue weighted by molar-refractivity contribution is 6.32. The van der Waals surface area contributed by atoms with Gasteiger partial charge >= 0.3 is 6.09 Å². The zero-order chi connectivity index (χ0) is 25.6. The maximum absolute atomic E-state index is 12.8. The van der Waals surface area contributed by atoms with E-state index in [1.54, 1.807) is 4.90 Å². The summed E-state index contributed by atoms with van der Waals surface area (Å²) in [5.41, 5.74) is 6.10. The molecule has 2 aliphatic heterocycles. The Balaban J connectivity index is 1.29. The summed E-state index contributed by atoms with van der Waals surface area (Å²) in [6, 6.07) is 28.5. The second-order valence-corrected chi connectivity index (χ2v) is 9.89. The summed E-state index contributed by atoms with van der Waals surface area (Å²) in [7, 11) is 0. The van der Waals surface area contributed by atoms with E-state index >= 15 is 0 Å². The number of carbonyl (C=O) groups excluding carboxylic acids is 1. The molecule has 0 radical (unpaired) electrons. The van der Waals surface area contributed by atoms with Crippen molar-refractivity contribution in [3.8, 4) is 0 Å². The molecule has 2 aliphatic rings. The summed E-state index contributed by atoms with van der Waals surface area (Å²) in [6.07, 6.45) is 1.94. The van der Waals surface area contributed by atoms with Crippen molar-refractivity contribution in [3.63, 3.8) is 0 Å². The number of rotatable bonds is 8. The number of amides is 2. The summed E-state index contributed by atoms with van der Waals surface area (Å²) in [5.74, 6) is -0.0735. The van der Waals surface area contributed by atoms with E-state index in [2.05, 4.69) is 58.7 Å². The molecule has 2 N–H and O–H groups in total. The molecule has 0 aromatic heterocycles. The average molecular weight is 496 g/mol. The Morgan fingerprint density at radius 1 is 0.919 bits per heavy atom. The highest BCUT2D eigenvalue weighted by Crippen LogP contribution is 2.38. The lowest BCUT2D eigenvalue weighted by Crippen LogP contribution is -2.44. The van der Waals surface area contributed by atoms with E-state index in [-0.39, 0.29) is 11.9 Å². The second-order valence-electron chi connectivity index (χ2n) is 9.89. The Kier molecular flexibility index (Phi) is 7.66. The van der Waals surface area contributed by atoms with Gasteiger partial charge in [0.2, 0.25) is 0 Å². The number of likely N-dealkylation sites (tertiary alicyclic amines) is 1. The predicted molar refractivity (Wildman–Crippen MR) is 146 cm³/mol. The molecular weight excluding hydrogens is 462 g/mol. The number of hydrogen-bond acceptors (Lipinski definition) is 3. The molecule has 5 rings (SSSR count). The van der Waals surface area contributed by atoms with Gasteiger partial charge < -0.3 is 15.3 Å². The summed E-state index contributed by atoms with van der Waals surface area (Å²) in [6.45, 7) is 2.97. The minimum absolute atomic E-state index is 0.0735. The van der Waals surface area contributed by atoms with Crippen LogP contribution in [-0.4, -0.2) is 46.0 Å². The van der Waals surface area contributed by atoms with Gasteiger partial charge in [-0.3, -0.25) is 9.69 Å². The van der Waals surface area contributed by atoms with Gasteiger partial charge in [0, 0.05) is 42.5 Å². The Hall–Kier alpha value is -3.90. The topological polar surface area (TPSA) is 72.9 Å². The van der Waals surface area contributed by atoms with Gasteiger partial charge in [-0.25, -0.2) is 4.79 Å².